The predicted octanol–water partition coefficient (Wildman–Crippen LogP) is 4.43. The predicted molar refractivity (Wildman–Crippen MR) is 130 cm³/mol. The molecule has 4 aromatic rings. The first-order valence-electron chi connectivity index (χ1n) is 11.2. The molecule has 5 rings (SSSR count). The maximum absolute atomic E-state index is 13.0. The normalized spacial score (nSPS) is 15.8. The number of aromatic amines is 1. The zero-order valence-corrected chi connectivity index (χ0v) is 18.8. The number of carbonyl (C=O) groups is 2. The number of methoxy groups -OCH3 is 1. The summed E-state index contributed by atoms with van der Waals surface area (Å²) in [6, 6.07) is 21.8. The van der Waals surface area contributed by atoms with Gasteiger partial charge in [-0.1, -0.05) is 18.2 Å². The molecule has 0 aliphatic carbocycles. The monoisotopic (exact) mass is 455 g/mol. The Labute approximate surface area is 197 Å². The number of hydrogen-bond acceptors (Lipinski definition) is 5. The Hall–Kier alpha value is -4.10. The highest BCUT2D eigenvalue weighted by molar-refractivity contribution is 6.22. The van der Waals surface area contributed by atoms with Crippen LogP contribution in [0.2, 0.25) is 0 Å². The maximum atomic E-state index is 13.0. The summed E-state index contributed by atoms with van der Waals surface area (Å²) in [5.41, 5.74) is 2.71. The van der Waals surface area contributed by atoms with Gasteiger partial charge in [-0.2, -0.15) is 0 Å². The van der Waals surface area contributed by atoms with E-state index < -0.39 is 6.04 Å². The number of carbonyl (C=O) groups excluding carboxylic acids is 2. The second kappa shape index (κ2) is 9.41. The number of amides is 2. The number of benzene rings is 3. The molecular formula is C27H25N3O4. The molecule has 1 fully saturated rings. The molecule has 1 atom stereocenters. The summed E-state index contributed by atoms with van der Waals surface area (Å²) < 4.78 is 11.1. The van der Waals surface area contributed by atoms with Crippen LogP contribution in [0.3, 0.4) is 0 Å². The van der Waals surface area contributed by atoms with E-state index in [0.29, 0.717) is 18.0 Å². The van der Waals surface area contributed by atoms with E-state index in [0.717, 1.165) is 34.4 Å². The summed E-state index contributed by atoms with van der Waals surface area (Å²) in [4.78, 5) is 30.1. The van der Waals surface area contributed by atoms with E-state index in [1.54, 1.807) is 31.4 Å². The number of fused-ring (bicyclic) bond motifs is 1. The number of para-hydroxylation sites is 1. The van der Waals surface area contributed by atoms with E-state index in [2.05, 4.69) is 10.3 Å². The highest BCUT2D eigenvalue weighted by Gasteiger charge is 2.39. The van der Waals surface area contributed by atoms with E-state index >= 15 is 0 Å². The minimum Gasteiger partial charge on any atom is -0.497 e. The van der Waals surface area contributed by atoms with Crippen molar-refractivity contribution < 1.29 is 19.1 Å². The summed E-state index contributed by atoms with van der Waals surface area (Å²) >= 11 is 0. The molecule has 1 aliphatic rings. The Kier molecular flexibility index (Phi) is 6.01. The van der Waals surface area contributed by atoms with Crippen LogP contribution in [0.25, 0.3) is 10.9 Å². The summed E-state index contributed by atoms with van der Waals surface area (Å²) in [7, 11) is 1.65. The van der Waals surface area contributed by atoms with Crippen LogP contribution in [0.15, 0.2) is 79.0 Å². The summed E-state index contributed by atoms with van der Waals surface area (Å²) in [6.45, 7) is 0.575. The molecule has 7 nitrogen and oxygen atoms in total. The summed E-state index contributed by atoms with van der Waals surface area (Å²) in [5, 5.41) is 4.35. The van der Waals surface area contributed by atoms with Crippen LogP contribution >= 0.6 is 0 Å². The Morgan fingerprint density at radius 3 is 2.47 bits per heavy atom. The molecule has 0 bridgehead atoms. The third kappa shape index (κ3) is 4.38. The number of rotatable bonds is 8. The average molecular weight is 456 g/mol. The van der Waals surface area contributed by atoms with Gasteiger partial charge in [0.1, 0.15) is 17.2 Å². The fraction of sp³-hybridized carbons (Fsp3) is 0.185. The van der Waals surface area contributed by atoms with Gasteiger partial charge in [-0.15, -0.1) is 0 Å². The molecule has 3 aromatic carbocycles. The highest BCUT2D eigenvalue weighted by Crippen LogP contribution is 2.28. The van der Waals surface area contributed by atoms with Gasteiger partial charge in [0.25, 0.3) is 5.91 Å². The van der Waals surface area contributed by atoms with Crippen molar-refractivity contribution in [3.8, 4) is 17.2 Å². The van der Waals surface area contributed by atoms with E-state index in [1.165, 1.54) is 4.90 Å². The summed E-state index contributed by atoms with van der Waals surface area (Å²) in [5.74, 6) is 1.72. The smallest absolute Gasteiger partial charge is 0.251 e. The van der Waals surface area contributed by atoms with Crippen molar-refractivity contribution in [1.82, 2.24) is 10.3 Å². The average Bonchev–Trinajstić information content (AvgIpc) is 3.39. The lowest BCUT2D eigenvalue weighted by Crippen LogP contribution is -2.39. The number of hydrogen-bond donors (Lipinski definition) is 2. The molecule has 0 spiro atoms. The molecule has 2 heterocycles. The van der Waals surface area contributed by atoms with Crippen molar-refractivity contribution in [1.29, 1.82) is 0 Å². The molecule has 7 heteroatoms. The van der Waals surface area contributed by atoms with Crippen molar-refractivity contribution >= 4 is 28.4 Å². The number of H-pyrrole nitrogens is 1. The molecule has 2 N–H and O–H groups in total. The quantitative estimate of drug-likeness (QED) is 0.384. The van der Waals surface area contributed by atoms with Gasteiger partial charge in [0.05, 0.1) is 25.3 Å². The Morgan fingerprint density at radius 1 is 0.971 bits per heavy atom. The van der Waals surface area contributed by atoms with E-state index in [4.69, 9.17) is 9.47 Å². The van der Waals surface area contributed by atoms with Crippen molar-refractivity contribution in [3.63, 3.8) is 0 Å². The van der Waals surface area contributed by atoms with Crippen molar-refractivity contribution in [2.24, 2.45) is 0 Å². The van der Waals surface area contributed by atoms with Crippen LogP contribution in [0.1, 0.15) is 12.0 Å². The Balaban J connectivity index is 1.21. The highest BCUT2D eigenvalue weighted by atomic mass is 16.5. The van der Waals surface area contributed by atoms with Crippen molar-refractivity contribution in [2.45, 2.75) is 18.9 Å². The molecule has 34 heavy (non-hydrogen) atoms. The number of nitrogens with one attached hydrogen (secondary N) is 2. The molecular weight excluding hydrogens is 430 g/mol. The third-order valence-corrected chi connectivity index (χ3v) is 5.98. The molecule has 0 saturated carbocycles. The van der Waals surface area contributed by atoms with Gasteiger partial charge in [0.2, 0.25) is 5.91 Å². The molecule has 2 amide bonds. The second-order valence-electron chi connectivity index (χ2n) is 8.16. The maximum Gasteiger partial charge on any atom is 0.251 e. The van der Waals surface area contributed by atoms with E-state index in [9.17, 15) is 9.59 Å². The van der Waals surface area contributed by atoms with Gasteiger partial charge in [-0.3, -0.25) is 9.59 Å². The minimum absolute atomic E-state index is 0.142. The van der Waals surface area contributed by atoms with Crippen LogP contribution in [0.5, 0.6) is 17.2 Å². The molecule has 1 saturated heterocycles. The van der Waals surface area contributed by atoms with E-state index in [1.807, 2.05) is 54.7 Å². The van der Waals surface area contributed by atoms with Gasteiger partial charge in [-0.05, 0) is 66.6 Å². The molecule has 0 radical (unpaired) electrons. The van der Waals surface area contributed by atoms with E-state index in [-0.39, 0.29) is 18.2 Å². The van der Waals surface area contributed by atoms with Crippen molar-refractivity contribution in [2.75, 3.05) is 18.6 Å². The first-order chi connectivity index (χ1) is 16.6. The SMILES string of the molecule is COc1ccc2[nH]cc(CCN[C@H]3CC(=O)N(c4ccc(Oc5ccccc5)cc4)C3=O)c2c1. The Bertz CT molecular complexity index is 1310. The standard InChI is InChI=1S/C27H25N3O4/c1-33-22-11-12-24-23(15-22)18(17-29-24)13-14-28-25-16-26(31)30(27(25)32)19-7-9-21(10-8-19)34-20-5-3-2-4-6-20/h2-12,15,17,25,28-29H,13-14,16H2,1H3/t25-/m0/s1. The lowest BCUT2D eigenvalue weighted by molar-refractivity contribution is -0.121. The Morgan fingerprint density at radius 2 is 1.71 bits per heavy atom. The molecule has 1 aromatic heterocycles. The minimum atomic E-state index is -0.535. The lowest BCUT2D eigenvalue weighted by Gasteiger charge is -2.16. The molecule has 1 aliphatic heterocycles. The van der Waals surface area contributed by atoms with Crippen LogP contribution in [0.4, 0.5) is 5.69 Å². The first-order valence-corrected chi connectivity index (χ1v) is 11.2. The third-order valence-electron chi connectivity index (χ3n) is 5.98. The number of aromatic nitrogens is 1. The van der Waals surface area contributed by atoms with Gasteiger partial charge >= 0.3 is 0 Å². The number of ether oxygens (including phenoxy) is 2. The topological polar surface area (TPSA) is 83.7 Å². The second-order valence-corrected chi connectivity index (χ2v) is 8.16. The van der Waals surface area contributed by atoms with Crippen LogP contribution in [0, 0.1) is 0 Å². The van der Waals surface area contributed by atoms with Crippen LogP contribution in [-0.2, 0) is 16.0 Å². The van der Waals surface area contributed by atoms with Gasteiger partial charge in [0.15, 0.2) is 0 Å². The first kappa shape index (κ1) is 21.7. The summed E-state index contributed by atoms with van der Waals surface area (Å²) in [6.07, 6.45) is 2.83. The zero-order chi connectivity index (χ0) is 23.5. The lowest BCUT2D eigenvalue weighted by atomic mass is 10.1. The van der Waals surface area contributed by atoms with Gasteiger partial charge in [0, 0.05) is 23.6 Å². The van der Waals surface area contributed by atoms with Crippen LogP contribution in [-0.4, -0.2) is 36.5 Å². The van der Waals surface area contributed by atoms with Crippen LogP contribution < -0.4 is 19.7 Å². The van der Waals surface area contributed by atoms with Gasteiger partial charge in [-0.25, -0.2) is 4.90 Å². The number of nitrogens with zero attached hydrogens (tertiary/aromatic N) is 1. The molecule has 0 unspecified atom stereocenters. The number of anilines is 1. The molecule has 172 valence electrons. The van der Waals surface area contributed by atoms with Gasteiger partial charge < -0.3 is 19.8 Å². The fourth-order valence-corrected chi connectivity index (χ4v) is 4.22. The fourth-order valence-electron chi connectivity index (χ4n) is 4.22. The largest absolute Gasteiger partial charge is 0.497 e. The number of imide groups is 1. The zero-order valence-electron chi connectivity index (χ0n) is 18.8. The van der Waals surface area contributed by atoms with Crippen molar-refractivity contribution in [3.05, 3.63) is 84.6 Å².